The number of aromatic hydroxyl groups is 1. The van der Waals surface area contributed by atoms with E-state index in [1.807, 2.05) is 0 Å². The van der Waals surface area contributed by atoms with Crippen LogP contribution in [-0.4, -0.2) is 20.5 Å². The summed E-state index contributed by atoms with van der Waals surface area (Å²) in [5, 5.41) is 31.5. The van der Waals surface area contributed by atoms with Crippen LogP contribution in [0, 0.1) is 21.4 Å². The number of fused-ring (bicyclic) bond motifs is 1. The zero-order chi connectivity index (χ0) is 19.7. The van der Waals surface area contributed by atoms with Crippen LogP contribution in [0.25, 0.3) is 16.6 Å². The molecule has 10 nitrogen and oxygen atoms in total. The zero-order valence-electron chi connectivity index (χ0n) is 14.0. The predicted molar refractivity (Wildman–Crippen MR) is 94.4 cm³/mol. The maximum Gasteiger partial charge on any atom is 0.296 e. The summed E-state index contributed by atoms with van der Waals surface area (Å²) in [6.45, 7) is 1.97. The van der Waals surface area contributed by atoms with Crippen molar-refractivity contribution in [3.63, 3.8) is 0 Å². The van der Waals surface area contributed by atoms with E-state index in [-0.39, 0.29) is 12.1 Å². The van der Waals surface area contributed by atoms with Crippen LogP contribution in [0.3, 0.4) is 0 Å². The van der Waals surface area contributed by atoms with Crippen molar-refractivity contribution in [3.8, 4) is 11.8 Å². The number of hydrazine groups is 1. The third kappa shape index (κ3) is 2.77. The van der Waals surface area contributed by atoms with Gasteiger partial charge >= 0.3 is 0 Å². The number of aromatic nitrogens is 1. The third-order valence-electron chi connectivity index (χ3n) is 4.11. The first kappa shape index (κ1) is 17.7. The van der Waals surface area contributed by atoms with Crippen LogP contribution in [0.15, 0.2) is 46.4 Å². The highest BCUT2D eigenvalue weighted by molar-refractivity contribution is 6.00. The number of para-hydroxylation sites is 1. The molecule has 2 heterocycles. The van der Waals surface area contributed by atoms with Crippen molar-refractivity contribution in [1.29, 1.82) is 5.26 Å². The van der Waals surface area contributed by atoms with Crippen LogP contribution in [0.2, 0.25) is 0 Å². The van der Waals surface area contributed by atoms with E-state index >= 15 is 0 Å². The average Bonchev–Trinajstić information content (AvgIpc) is 2.81. The second-order valence-corrected chi connectivity index (χ2v) is 5.56. The Kier molecular flexibility index (Phi) is 4.35. The number of allylic oxidation sites excluding steroid dienone is 1. The molecule has 2 aromatic rings. The Morgan fingerprint density at radius 2 is 2.00 bits per heavy atom. The summed E-state index contributed by atoms with van der Waals surface area (Å²) in [4.78, 5) is 35.5. The SMILES string of the molecule is CCn1c(=O)c(C2=C([N+](=O)[O-])C=C(C#N)C(=O)NN2)c(O)c2ccccc21. The summed E-state index contributed by atoms with van der Waals surface area (Å²) < 4.78 is 1.35. The van der Waals surface area contributed by atoms with Gasteiger partial charge in [0, 0.05) is 18.0 Å². The predicted octanol–water partition coefficient (Wildman–Crippen LogP) is 0.757. The lowest BCUT2D eigenvalue weighted by atomic mass is 10.1. The summed E-state index contributed by atoms with van der Waals surface area (Å²) in [6, 6.07) is 8.11. The van der Waals surface area contributed by atoms with E-state index in [1.165, 1.54) is 4.57 Å². The van der Waals surface area contributed by atoms with Crippen molar-refractivity contribution >= 4 is 22.5 Å². The fourth-order valence-electron chi connectivity index (χ4n) is 2.87. The van der Waals surface area contributed by atoms with Crippen LogP contribution >= 0.6 is 0 Å². The average molecular weight is 367 g/mol. The van der Waals surface area contributed by atoms with Crippen LogP contribution in [0.1, 0.15) is 12.5 Å². The monoisotopic (exact) mass is 367 g/mol. The van der Waals surface area contributed by atoms with Gasteiger partial charge in [-0.2, -0.15) is 5.26 Å². The van der Waals surface area contributed by atoms with Gasteiger partial charge in [0.05, 0.1) is 10.4 Å². The quantitative estimate of drug-likeness (QED) is 0.535. The molecule has 1 aromatic heterocycles. The number of nitriles is 1. The number of aryl methyl sites for hydroxylation is 1. The molecule has 0 fully saturated rings. The molecule has 0 unspecified atom stereocenters. The normalized spacial score (nSPS) is 14.1. The van der Waals surface area contributed by atoms with E-state index < -0.39 is 39.1 Å². The first-order chi connectivity index (χ1) is 12.9. The molecule has 0 aliphatic carbocycles. The maximum absolute atomic E-state index is 13.0. The summed E-state index contributed by atoms with van der Waals surface area (Å²) in [7, 11) is 0. The second kappa shape index (κ2) is 6.64. The Morgan fingerprint density at radius 1 is 1.30 bits per heavy atom. The van der Waals surface area contributed by atoms with Gasteiger partial charge in [0.1, 0.15) is 28.7 Å². The summed E-state index contributed by atoms with van der Waals surface area (Å²) >= 11 is 0. The van der Waals surface area contributed by atoms with Crippen LogP contribution in [0.4, 0.5) is 0 Å². The molecule has 10 heteroatoms. The van der Waals surface area contributed by atoms with Crippen molar-refractivity contribution in [2.45, 2.75) is 13.5 Å². The van der Waals surface area contributed by atoms with Crippen LogP contribution < -0.4 is 16.4 Å². The molecule has 1 aliphatic rings. The Hall–Kier alpha value is -4.13. The maximum atomic E-state index is 13.0. The van der Waals surface area contributed by atoms with Crippen molar-refractivity contribution < 1.29 is 14.8 Å². The number of carbonyl (C=O) groups is 1. The van der Waals surface area contributed by atoms with Gasteiger partial charge < -0.3 is 9.67 Å². The molecule has 1 aromatic carbocycles. The summed E-state index contributed by atoms with van der Waals surface area (Å²) in [5.74, 6) is -1.37. The molecule has 27 heavy (non-hydrogen) atoms. The lowest BCUT2D eigenvalue weighted by molar-refractivity contribution is -0.418. The molecule has 136 valence electrons. The molecule has 0 saturated carbocycles. The number of nitro groups is 1. The molecule has 0 atom stereocenters. The van der Waals surface area contributed by atoms with E-state index in [0.29, 0.717) is 10.9 Å². The Morgan fingerprint density at radius 3 is 2.63 bits per heavy atom. The van der Waals surface area contributed by atoms with Crippen molar-refractivity contribution in [1.82, 2.24) is 15.4 Å². The summed E-state index contributed by atoms with van der Waals surface area (Å²) in [5.41, 5.74) is 2.20. The van der Waals surface area contributed by atoms with E-state index in [0.717, 1.165) is 6.08 Å². The van der Waals surface area contributed by atoms with E-state index in [4.69, 9.17) is 5.26 Å². The van der Waals surface area contributed by atoms with Gasteiger partial charge in [-0.3, -0.25) is 30.6 Å². The standard InChI is InChI=1S/C17H13N5O5/c1-2-21-11-6-4-3-5-10(11)15(23)13(17(21)25)14-12(22(26)27)7-9(8-18)16(24)20-19-14/h3-7,19,23H,2H2,1H3,(H,20,24). The van der Waals surface area contributed by atoms with Crippen molar-refractivity contribution in [3.05, 3.63) is 67.6 Å². The minimum absolute atomic E-state index is 0.249. The minimum atomic E-state index is -0.900. The topological polar surface area (TPSA) is 150 Å². The second-order valence-electron chi connectivity index (χ2n) is 5.56. The van der Waals surface area contributed by atoms with E-state index in [2.05, 4.69) is 10.9 Å². The van der Waals surface area contributed by atoms with Gasteiger partial charge in [-0.25, -0.2) is 0 Å². The number of benzene rings is 1. The number of hydrogen-bond acceptors (Lipinski definition) is 7. The zero-order valence-corrected chi connectivity index (χ0v) is 14.0. The molecular formula is C17H13N5O5. The van der Waals surface area contributed by atoms with E-state index in [9.17, 15) is 24.8 Å². The number of rotatable bonds is 3. The van der Waals surface area contributed by atoms with E-state index in [1.54, 1.807) is 37.3 Å². The number of pyridine rings is 1. The molecule has 3 N–H and O–H groups in total. The Bertz CT molecular complexity index is 1150. The lowest BCUT2D eigenvalue weighted by Gasteiger charge is -2.16. The van der Waals surface area contributed by atoms with Gasteiger partial charge in [-0.1, -0.05) is 12.1 Å². The molecule has 1 amide bonds. The van der Waals surface area contributed by atoms with Gasteiger partial charge in [-0.15, -0.1) is 0 Å². The Balaban J connectivity index is 2.45. The molecule has 0 spiro atoms. The lowest BCUT2D eigenvalue weighted by Crippen LogP contribution is -2.38. The number of hydrogen-bond donors (Lipinski definition) is 3. The highest BCUT2D eigenvalue weighted by atomic mass is 16.6. The molecule has 1 aliphatic heterocycles. The summed E-state index contributed by atoms with van der Waals surface area (Å²) in [6.07, 6.45) is 0.759. The minimum Gasteiger partial charge on any atom is -0.506 e. The molecule has 0 radical (unpaired) electrons. The first-order valence-electron chi connectivity index (χ1n) is 7.82. The van der Waals surface area contributed by atoms with Gasteiger partial charge in [-0.05, 0) is 19.1 Å². The largest absolute Gasteiger partial charge is 0.506 e. The number of nitrogens with one attached hydrogen (secondary N) is 2. The number of nitrogens with zero attached hydrogens (tertiary/aromatic N) is 3. The number of amides is 1. The Labute approximate surface area is 151 Å². The third-order valence-corrected chi connectivity index (χ3v) is 4.11. The molecule has 0 bridgehead atoms. The number of carbonyl (C=O) groups excluding carboxylic acids is 1. The highest BCUT2D eigenvalue weighted by Gasteiger charge is 2.30. The molecule has 3 rings (SSSR count). The highest BCUT2D eigenvalue weighted by Crippen LogP contribution is 2.31. The smallest absolute Gasteiger partial charge is 0.296 e. The van der Waals surface area contributed by atoms with Gasteiger partial charge in [0.25, 0.3) is 17.2 Å². The fourth-order valence-corrected chi connectivity index (χ4v) is 2.87. The molecule has 0 saturated heterocycles. The van der Waals surface area contributed by atoms with Crippen LogP contribution in [0.5, 0.6) is 5.75 Å². The fraction of sp³-hybridized carbons (Fsp3) is 0.118. The van der Waals surface area contributed by atoms with Crippen LogP contribution in [-0.2, 0) is 11.3 Å². The van der Waals surface area contributed by atoms with Gasteiger partial charge in [0.15, 0.2) is 0 Å². The first-order valence-corrected chi connectivity index (χ1v) is 7.82. The molecular weight excluding hydrogens is 354 g/mol. The van der Waals surface area contributed by atoms with Crippen molar-refractivity contribution in [2.24, 2.45) is 0 Å². The van der Waals surface area contributed by atoms with Crippen molar-refractivity contribution in [2.75, 3.05) is 0 Å². The van der Waals surface area contributed by atoms with Gasteiger partial charge in [0.2, 0.25) is 0 Å².